The summed E-state index contributed by atoms with van der Waals surface area (Å²) in [6.45, 7) is 5.73. The number of sulfonamides is 1. The molecule has 1 aromatic rings. The van der Waals surface area contributed by atoms with Crippen molar-refractivity contribution in [1.82, 2.24) is 9.62 Å². The van der Waals surface area contributed by atoms with E-state index in [9.17, 15) is 18.0 Å². The highest BCUT2D eigenvalue weighted by atomic mass is 32.2. The molecule has 4 amide bonds. The molecule has 1 rings (SSSR count). The molecule has 0 atom stereocenters. The highest BCUT2D eigenvalue weighted by Crippen LogP contribution is 2.16. The average Bonchev–Trinajstić information content (AvgIpc) is 2.45. The summed E-state index contributed by atoms with van der Waals surface area (Å²) in [6, 6.07) is 3.81. The van der Waals surface area contributed by atoms with Crippen molar-refractivity contribution < 1.29 is 18.0 Å². The maximum absolute atomic E-state index is 12.1. The maximum Gasteiger partial charge on any atom is 0.339 e. The van der Waals surface area contributed by atoms with Gasteiger partial charge in [-0.3, -0.25) is 5.32 Å². The van der Waals surface area contributed by atoms with Gasteiger partial charge in [0.2, 0.25) is 10.0 Å². The number of hydrogen-bond acceptors (Lipinski definition) is 4. The lowest BCUT2D eigenvalue weighted by Crippen LogP contribution is -2.47. The minimum Gasteiger partial charge on any atom is -0.307 e. The second-order valence-electron chi connectivity index (χ2n) is 5.74. The van der Waals surface area contributed by atoms with E-state index in [1.54, 1.807) is 6.07 Å². The van der Waals surface area contributed by atoms with Crippen LogP contribution in [0.25, 0.3) is 0 Å². The van der Waals surface area contributed by atoms with Gasteiger partial charge in [-0.15, -0.1) is 0 Å². The molecule has 0 aliphatic carbocycles. The lowest BCUT2D eigenvalue weighted by atomic mass is 10.1. The number of carbonyl (C=O) groups excluding carboxylic acids is 2. The van der Waals surface area contributed by atoms with E-state index in [0.29, 0.717) is 16.4 Å². The van der Waals surface area contributed by atoms with E-state index in [2.05, 4.69) is 10.6 Å². The Balaban J connectivity index is 2.75. The lowest BCUT2D eigenvalue weighted by molar-refractivity contribution is 0.219. The topological polar surface area (TPSA) is 95.6 Å². The van der Waals surface area contributed by atoms with Crippen LogP contribution in [0.5, 0.6) is 0 Å². The van der Waals surface area contributed by atoms with E-state index in [-0.39, 0.29) is 6.54 Å². The molecule has 0 aromatic heterocycles. The third-order valence-corrected chi connectivity index (χ3v) is 4.60. The Kier molecular flexibility index (Phi) is 7.21. The minimum absolute atomic E-state index is 0.0509. The van der Waals surface area contributed by atoms with Gasteiger partial charge in [0.15, 0.2) is 0 Å². The molecule has 0 spiro atoms. The van der Waals surface area contributed by atoms with Crippen molar-refractivity contribution in [2.45, 2.75) is 40.0 Å². The van der Waals surface area contributed by atoms with Gasteiger partial charge in [-0.2, -0.15) is 0 Å². The fourth-order valence-electron chi connectivity index (χ4n) is 2.11. The van der Waals surface area contributed by atoms with E-state index in [1.165, 1.54) is 0 Å². The minimum atomic E-state index is -3.74. The molecular weight excluding hydrogens is 330 g/mol. The van der Waals surface area contributed by atoms with E-state index < -0.39 is 22.1 Å². The summed E-state index contributed by atoms with van der Waals surface area (Å²) in [5, 5.41) is 4.63. The summed E-state index contributed by atoms with van der Waals surface area (Å²) in [6.07, 6.45) is 3.19. The van der Waals surface area contributed by atoms with Gasteiger partial charge in [0.25, 0.3) is 0 Å². The molecule has 24 heavy (non-hydrogen) atoms. The van der Waals surface area contributed by atoms with Crippen LogP contribution in [-0.2, 0) is 10.0 Å². The van der Waals surface area contributed by atoms with Crippen LogP contribution in [-0.4, -0.2) is 37.6 Å². The monoisotopic (exact) mass is 355 g/mol. The predicted octanol–water partition coefficient (Wildman–Crippen LogP) is 3.00. The van der Waals surface area contributed by atoms with Crippen molar-refractivity contribution in [2.75, 3.05) is 18.1 Å². The van der Waals surface area contributed by atoms with Crippen LogP contribution in [0.15, 0.2) is 18.2 Å². The van der Waals surface area contributed by atoms with Gasteiger partial charge in [0.05, 0.1) is 6.26 Å². The van der Waals surface area contributed by atoms with Crippen molar-refractivity contribution in [2.24, 2.45) is 0 Å². The third-order valence-electron chi connectivity index (χ3n) is 3.45. The fourth-order valence-corrected chi connectivity index (χ4v) is 2.91. The molecule has 0 fully saturated rings. The molecule has 0 heterocycles. The summed E-state index contributed by atoms with van der Waals surface area (Å²) in [7, 11) is -3.74. The Hall–Kier alpha value is -2.09. The summed E-state index contributed by atoms with van der Waals surface area (Å²) in [4.78, 5) is 24.1. The maximum atomic E-state index is 12.1. The first-order chi connectivity index (χ1) is 11.1. The molecule has 0 radical (unpaired) electrons. The molecule has 0 bridgehead atoms. The fraction of sp³-hybridized carbons (Fsp3) is 0.500. The molecule has 0 unspecified atom stereocenters. The van der Waals surface area contributed by atoms with Crippen LogP contribution in [0.2, 0.25) is 0 Å². The largest absolute Gasteiger partial charge is 0.339 e. The first-order valence-corrected chi connectivity index (χ1v) is 9.67. The van der Waals surface area contributed by atoms with Gasteiger partial charge in [-0.05, 0) is 37.5 Å². The summed E-state index contributed by atoms with van der Waals surface area (Å²) in [5.41, 5.74) is 2.36. The standard InChI is InChI=1S/C16H25N3O4S/c1-5-6-7-10-19(24(4,22)23)16(21)18-15(20)17-14-11-12(2)8-9-13(14)3/h8-9,11H,5-7,10H2,1-4H3,(H2,17,18,20,21). The SMILES string of the molecule is CCCCCN(C(=O)NC(=O)Nc1cc(C)ccc1C)S(C)(=O)=O. The molecule has 0 aliphatic rings. The lowest BCUT2D eigenvalue weighted by Gasteiger charge is -2.20. The predicted molar refractivity (Wildman–Crippen MR) is 94.5 cm³/mol. The molecule has 1 aromatic carbocycles. The van der Waals surface area contributed by atoms with E-state index in [1.807, 2.05) is 32.9 Å². The van der Waals surface area contributed by atoms with Crippen molar-refractivity contribution in [3.8, 4) is 0 Å². The Labute approximate surface area is 143 Å². The molecular formula is C16H25N3O4S. The number of benzene rings is 1. The highest BCUT2D eigenvalue weighted by Gasteiger charge is 2.24. The van der Waals surface area contributed by atoms with Crippen LogP contribution in [0.1, 0.15) is 37.3 Å². The van der Waals surface area contributed by atoms with Crippen LogP contribution in [0, 0.1) is 13.8 Å². The number of urea groups is 2. The summed E-state index contributed by atoms with van der Waals surface area (Å²) >= 11 is 0. The molecule has 2 N–H and O–H groups in total. The van der Waals surface area contributed by atoms with Gasteiger partial charge in [-0.25, -0.2) is 22.3 Å². The summed E-state index contributed by atoms with van der Waals surface area (Å²) < 4.78 is 24.2. The molecule has 7 nitrogen and oxygen atoms in total. The normalized spacial score (nSPS) is 11.0. The first kappa shape index (κ1) is 20.0. The molecule has 0 aliphatic heterocycles. The Morgan fingerprint density at radius 2 is 1.83 bits per heavy atom. The zero-order valence-electron chi connectivity index (χ0n) is 14.5. The van der Waals surface area contributed by atoms with E-state index in [0.717, 1.165) is 30.2 Å². The second kappa shape index (κ2) is 8.68. The van der Waals surface area contributed by atoms with Gasteiger partial charge >= 0.3 is 12.1 Å². The zero-order chi connectivity index (χ0) is 18.3. The Bertz CT molecular complexity index is 701. The number of anilines is 1. The smallest absolute Gasteiger partial charge is 0.307 e. The van der Waals surface area contributed by atoms with E-state index in [4.69, 9.17) is 0 Å². The van der Waals surface area contributed by atoms with Gasteiger partial charge in [0.1, 0.15) is 0 Å². The number of aryl methyl sites for hydroxylation is 2. The van der Waals surface area contributed by atoms with Crippen molar-refractivity contribution in [1.29, 1.82) is 0 Å². The number of unbranched alkanes of at least 4 members (excludes halogenated alkanes) is 2. The summed E-state index contributed by atoms with van der Waals surface area (Å²) in [5.74, 6) is 0. The highest BCUT2D eigenvalue weighted by molar-refractivity contribution is 7.88. The number of imide groups is 1. The number of hydrogen-bond donors (Lipinski definition) is 2. The number of nitrogens with zero attached hydrogens (tertiary/aromatic N) is 1. The first-order valence-electron chi connectivity index (χ1n) is 7.82. The number of nitrogens with one attached hydrogen (secondary N) is 2. The molecule has 134 valence electrons. The third kappa shape index (κ3) is 6.19. The number of carbonyl (C=O) groups is 2. The molecule has 0 saturated carbocycles. The molecule has 0 saturated heterocycles. The Morgan fingerprint density at radius 1 is 1.17 bits per heavy atom. The second-order valence-corrected chi connectivity index (χ2v) is 7.65. The van der Waals surface area contributed by atoms with Crippen LogP contribution in [0.3, 0.4) is 0 Å². The quantitative estimate of drug-likeness (QED) is 0.767. The number of amides is 4. The van der Waals surface area contributed by atoms with Crippen LogP contribution >= 0.6 is 0 Å². The Morgan fingerprint density at radius 3 is 2.42 bits per heavy atom. The van der Waals surface area contributed by atoms with Crippen LogP contribution < -0.4 is 10.6 Å². The average molecular weight is 355 g/mol. The number of rotatable bonds is 6. The van der Waals surface area contributed by atoms with Crippen LogP contribution in [0.4, 0.5) is 15.3 Å². The van der Waals surface area contributed by atoms with Gasteiger partial charge in [-0.1, -0.05) is 31.9 Å². The van der Waals surface area contributed by atoms with Gasteiger partial charge < -0.3 is 5.32 Å². The molecule has 8 heteroatoms. The van der Waals surface area contributed by atoms with Crippen molar-refractivity contribution in [3.63, 3.8) is 0 Å². The van der Waals surface area contributed by atoms with Crippen molar-refractivity contribution >= 4 is 27.8 Å². The van der Waals surface area contributed by atoms with E-state index >= 15 is 0 Å². The van der Waals surface area contributed by atoms with Gasteiger partial charge in [0, 0.05) is 12.2 Å². The zero-order valence-corrected chi connectivity index (χ0v) is 15.4. The van der Waals surface area contributed by atoms with Crippen molar-refractivity contribution in [3.05, 3.63) is 29.3 Å².